The van der Waals surface area contributed by atoms with Crippen molar-refractivity contribution in [2.24, 2.45) is 10.9 Å². The molecular weight excluding hydrogens is 447 g/mol. The molecule has 2 aliphatic heterocycles. The van der Waals surface area contributed by atoms with E-state index in [0.717, 1.165) is 77.7 Å². The van der Waals surface area contributed by atoms with Gasteiger partial charge in [0.15, 0.2) is 5.96 Å². The van der Waals surface area contributed by atoms with Crippen molar-refractivity contribution in [1.29, 1.82) is 0 Å². The molecule has 7 nitrogen and oxygen atoms in total. The predicted octanol–water partition coefficient (Wildman–Crippen LogP) is 1.61. The second-order valence-corrected chi connectivity index (χ2v) is 6.81. The Morgan fingerprint density at radius 1 is 1.31 bits per heavy atom. The van der Waals surface area contributed by atoms with Crippen molar-refractivity contribution < 1.29 is 14.3 Å². The molecule has 2 fully saturated rings. The van der Waals surface area contributed by atoms with Gasteiger partial charge < -0.3 is 25.0 Å². The highest BCUT2D eigenvalue weighted by Crippen LogP contribution is 2.14. The monoisotopic (exact) mass is 482 g/mol. The van der Waals surface area contributed by atoms with Gasteiger partial charge in [0.25, 0.3) is 0 Å². The Bertz CT molecular complexity index is 431. The van der Waals surface area contributed by atoms with Gasteiger partial charge in [-0.25, -0.2) is 0 Å². The number of rotatable bonds is 8. The number of aliphatic imine (C=N–C) groups is 1. The van der Waals surface area contributed by atoms with Gasteiger partial charge in [0, 0.05) is 65.6 Å². The molecule has 0 aliphatic carbocycles. The van der Waals surface area contributed by atoms with Crippen molar-refractivity contribution in [3.8, 4) is 0 Å². The lowest BCUT2D eigenvalue weighted by Crippen LogP contribution is -2.45. The van der Waals surface area contributed by atoms with Crippen molar-refractivity contribution in [2.45, 2.75) is 45.1 Å². The van der Waals surface area contributed by atoms with Crippen LogP contribution >= 0.6 is 24.0 Å². The zero-order valence-corrected chi connectivity index (χ0v) is 18.5. The van der Waals surface area contributed by atoms with Crippen LogP contribution in [0.5, 0.6) is 0 Å². The van der Waals surface area contributed by atoms with Gasteiger partial charge in [-0.3, -0.25) is 9.79 Å². The number of amides is 1. The fourth-order valence-electron chi connectivity index (χ4n) is 3.26. The van der Waals surface area contributed by atoms with Crippen LogP contribution in [0.3, 0.4) is 0 Å². The van der Waals surface area contributed by atoms with Gasteiger partial charge in [-0.05, 0) is 31.6 Å². The average Bonchev–Trinajstić information content (AvgIpc) is 3.12. The highest BCUT2D eigenvalue weighted by Gasteiger charge is 2.25. The lowest BCUT2D eigenvalue weighted by atomic mass is 10.0. The highest BCUT2D eigenvalue weighted by atomic mass is 127. The Kier molecular flexibility index (Phi) is 12.2. The van der Waals surface area contributed by atoms with Gasteiger partial charge >= 0.3 is 0 Å². The first-order valence-electron chi connectivity index (χ1n) is 9.63. The Hall–Kier alpha value is -0.610. The van der Waals surface area contributed by atoms with Gasteiger partial charge in [0.2, 0.25) is 5.91 Å². The van der Waals surface area contributed by atoms with E-state index in [9.17, 15) is 4.79 Å². The van der Waals surface area contributed by atoms with E-state index in [4.69, 9.17) is 9.47 Å². The highest BCUT2D eigenvalue weighted by molar-refractivity contribution is 14.0. The van der Waals surface area contributed by atoms with Gasteiger partial charge in [0.05, 0.1) is 0 Å². The summed E-state index contributed by atoms with van der Waals surface area (Å²) >= 11 is 0. The number of nitrogens with zero attached hydrogens (tertiary/aromatic N) is 2. The number of carbonyl (C=O) groups excluding carboxylic acids is 1. The molecule has 0 spiro atoms. The number of halogens is 1. The predicted molar refractivity (Wildman–Crippen MR) is 114 cm³/mol. The van der Waals surface area contributed by atoms with Gasteiger partial charge in [-0.15, -0.1) is 24.0 Å². The molecule has 2 heterocycles. The Labute approximate surface area is 174 Å². The molecule has 152 valence electrons. The zero-order chi connectivity index (χ0) is 17.9. The van der Waals surface area contributed by atoms with Crippen LogP contribution in [0.1, 0.15) is 39.0 Å². The Balaban J connectivity index is 0.00000338. The molecular formula is C18H35IN4O3. The molecule has 0 bridgehead atoms. The first-order chi connectivity index (χ1) is 12.2. The first kappa shape index (κ1) is 23.4. The molecule has 1 amide bonds. The molecule has 2 rings (SSSR count). The third-order valence-corrected chi connectivity index (χ3v) is 4.86. The molecule has 0 saturated carbocycles. The zero-order valence-electron chi connectivity index (χ0n) is 16.2. The van der Waals surface area contributed by atoms with Crippen molar-refractivity contribution in [2.75, 3.05) is 53.1 Å². The lowest BCUT2D eigenvalue weighted by molar-refractivity contribution is -0.129. The topological polar surface area (TPSA) is 75.2 Å². The summed E-state index contributed by atoms with van der Waals surface area (Å²) in [5.74, 6) is 1.70. The van der Waals surface area contributed by atoms with Crippen LogP contribution in [0.2, 0.25) is 0 Å². The third-order valence-electron chi connectivity index (χ3n) is 4.86. The number of ether oxygens (including phenoxy) is 2. The minimum atomic E-state index is 0. The average molecular weight is 482 g/mol. The van der Waals surface area contributed by atoms with Gasteiger partial charge in [-0.1, -0.05) is 6.92 Å². The summed E-state index contributed by atoms with van der Waals surface area (Å²) in [7, 11) is 1.78. The first-order valence-corrected chi connectivity index (χ1v) is 9.63. The lowest BCUT2D eigenvalue weighted by Gasteiger charge is -2.21. The summed E-state index contributed by atoms with van der Waals surface area (Å²) in [6.07, 6.45) is 4.74. The molecule has 0 radical (unpaired) electrons. The van der Waals surface area contributed by atoms with E-state index in [1.54, 1.807) is 7.05 Å². The van der Waals surface area contributed by atoms with Crippen LogP contribution in [0.15, 0.2) is 4.99 Å². The fourth-order valence-corrected chi connectivity index (χ4v) is 3.26. The number of hydrogen-bond acceptors (Lipinski definition) is 4. The van der Waals surface area contributed by atoms with Crippen LogP contribution in [0, 0.1) is 5.92 Å². The van der Waals surface area contributed by atoms with E-state index in [1.165, 1.54) is 0 Å². The molecule has 1 unspecified atom stereocenters. The Morgan fingerprint density at radius 2 is 2.08 bits per heavy atom. The maximum Gasteiger partial charge on any atom is 0.222 e. The van der Waals surface area contributed by atoms with Crippen LogP contribution in [0.25, 0.3) is 0 Å². The Morgan fingerprint density at radius 3 is 2.77 bits per heavy atom. The van der Waals surface area contributed by atoms with Crippen LogP contribution in [-0.2, 0) is 14.3 Å². The van der Waals surface area contributed by atoms with E-state index >= 15 is 0 Å². The van der Waals surface area contributed by atoms with Crippen molar-refractivity contribution in [3.05, 3.63) is 0 Å². The third kappa shape index (κ3) is 8.39. The molecule has 2 aliphatic rings. The molecule has 2 N–H and O–H groups in total. The number of guanidine groups is 1. The van der Waals surface area contributed by atoms with E-state index in [1.807, 2.05) is 11.8 Å². The SMILES string of the molecule is CCC(=O)N1CCC(NC(=NC)NCCCOCC2CCOCC2)C1.I. The number of nitrogens with one attached hydrogen (secondary N) is 2. The number of hydrogen-bond donors (Lipinski definition) is 2. The van der Waals surface area contributed by atoms with E-state index in [2.05, 4.69) is 15.6 Å². The summed E-state index contributed by atoms with van der Waals surface area (Å²) in [4.78, 5) is 17.9. The molecule has 0 aromatic heterocycles. The second kappa shape index (κ2) is 13.5. The summed E-state index contributed by atoms with van der Waals surface area (Å²) < 4.78 is 11.1. The fraction of sp³-hybridized carbons (Fsp3) is 0.889. The van der Waals surface area contributed by atoms with Crippen LogP contribution in [0.4, 0.5) is 0 Å². The van der Waals surface area contributed by atoms with Crippen molar-refractivity contribution in [3.63, 3.8) is 0 Å². The van der Waals surface area contributed by atoms with E-state index < -0.39 is 0 Å². The quantitative estimate of drug-likeness (QED) is 0.238. The second-order valence-electron chi connectivity index (χ2n) is 6.81. The molecule has 0 aromatic carbocycles. The number of carbonyl (C=O) groups is 1. The van der Waals surface area contributed by atoms with Gasteiger partial charge in [0.1, 0.15) is 0 Å². The largest absolute Gasteiger partial charge is 0.381 e. The van der Waals surface area contributed by atoms with Crippen molar-refractivity contribution >= 4 is 35.8 Å². The van der Waals surface area contributed by atoms with E-state index in [-0.39, 0.29) is 35.9 Å². The summed E-state index contributed by atoms with van der Waals surface area (Å²) in [5.41, 5.74) is 0. The molecule has 1 atom stereocenters. The maximum atomic E-state index is 11.7. The molecule has 26 heavy (non-hydrogen) atoms. The normalized spacial score (nSPS) is 21.4. The smallest absolute Gasteiger partial charge is 0.222 e. The summed E-state index contributed by atoms with van der Waals surface area (Å²) in [6, 6.07) is 0.284. The summed E-state index contributed by atoms with van der Waals surface area (Å²) in [5, 5.41) is 6.74. The summed E-state index contributed by atoms with van der Waals surface area (Å²) in [6.45, 7) is 7.71. The molecule has 2 saturated heterocycles. The van der Waals surface area contributed by atoms with Crippen LogP contribution < -0.4 is 10.6 Å². The number of likely N-dealkylation sites (tertiary alicyclic amines) is 1. The molecule has 8 heteroatoms. The van der Waals surface area contributed by atoms with Crippen molar-refractivity contribution in [1.82, 2.24) is 15.5 Å². The maximum absolute atomic E-state index is 11.7. The minimum Gasteiger partial charge on any atom is -0.381 e. The standard InChI is InChI=1S/C18H34N4O3.HI/c1-3-17(23)22-9-5-16(13-22)21-18(19-2)20-8-4-10-25-14-15-6-11-24-12-7-15;/h15-16H,3-14H2,1-2H3,(H2,19,20,21);1H. The van der Waals surface area contributed by atoms with Crippen LogP contribution in [-0.4, -0.2) is 75.9 Å². The van der Waals surface area contributed by atoms with E-state index in [0.29, 0.717) is 12.3 Å². The minimum absolute atomic E-state index is 0. The molecule has 0 aromatic rings. The van der Waals surface area contributed by atoms with Gasteiger partial charge in [-0.2, -0.15) is 0 Å².